The van der Waals surface area contributed by atoms with Crippen LogP contribution >= 0.6 is 0 Å². The summed E-state index contributed by atoms with van der Waals surface area (Å²) in [6.45, 7) is 10.0. The minimum Gasteiger partial charge on any atom is -0.330 e. The zero-order valence-corrected chi connectivity index (χ0v) is 10.2. The Kier molecular flexibility index (Phi) is 8.20. The van der Waals surface area contributed by atoms with Gasteiger partial charge in [-0.05, 0) is 50.7 Å². The molecule has 0 saturated heterocycles. The summed E-state index contributed by atoms with van der Waals surface area (Å²) in [6, 6.07) is 0. The first kappa shape index (κ1) is 13.9. The molecule has 0 atom stereocenters. The molecule has 0 aliphatic carbocycles. The molecule has 3 N–H and O–H groups in total. The summed E-state index contributed by atoms with van der Waals surface area (Å²) in [5, 5.41) is 3.45. The molecule has 86 valence electrons. The lowest BCUT2D eigenvalue weighted by molar-refractivity contribution is 0.358. The highest BCUT2D eigenvalue weighted by molar-refractivity contribution is 4.61. The predicted octanol–water partition coefficient (Wildman–Crippen LogP) is 2.53. The van der Waals surface area contributed by atoms with Crippen LogP contribution in [-0.2, 0) is 0 Å². The SMILES string of the molecule is CC(C)(C)CCCCNCCCCN. The largest absolute Gasteiger partial charge is 0.330 e. The lowest BCUT2D eigenvalue weighted by Gasteiger charge is -2.17. The zero-order chi connectivity index (χ0) is 10.9. The summed E-state index contributed by atoms with van der Waals surface area (Å²) in [5.74, 6) is 0. The van der Waals surface area contributed by atoms with E-state index in [0.717, 1.165) is 19.5 Å². The lowest BCUT2D eigenvalue weighted by Crippen LogP contribution is -2.18. The van der Waals surface area contributed by atoms with E-state index < -0.39 is 0 Å². The third-order valence-corrected chi connectivity index (χ3v) is 2.34. The van der Waals surface area contributed by atoms with Crippen molar-refractivity contribution >= 4 is 0 Å². The van der Waals surface area contributed by atoms with Gasteiger partial charge in [-0.15, -0.1) is 0 Å². The van der Waals surface area contributed by atoms with Crippen LogP contribution in [0.3, 0.4) is 0 Å². The number of rotatable bonds is 8. The summed E-state index contributed by atoms with van der Waals surface area (Å²) in [7, 11) is 0. The first-order chi connectivity index (χ1) is 6.56. The van der Waals surface area contributed by atoms with Gasteiger partial charge in [0.15, 0.2) is 0 Å². The molecular weight excluding hydrogens is 172 g/mol. The molecule has 0 aromatic rings. The topological polar surface area (TPSA) is 38.0 Å². The Morgan fingerprint density at radius 3 is 2.00 bits per heavy atom. The van der Waals surface area contributed by atoms with E-state index in [2.05, 4.69) is 26.1 Å². The molecule has 0 rings (SSSR count). The fourth-order valence-corrected chi connectivity index (χ4v) is 1.42. The summed E-state index contributed by atoms with van der Waals surface area (Å²) >= 11 is 0. The van der Waals surface area contributed by atoms with Gasteiger partial charge >= 0.3 is 0 Å². The van der Waals surface area contributed by atoms with Crippen molar-refractivity contribution in [3.05, 3.63) is 0 Å². The van der Waals surface area contributed by atoms with Gasteiger partial charge in [0.05, 0.1) is 0 Å². The van der Waals surface area contributed by atoms with E-state index in [1.165, 1.54) is 32.2 Å². The maximum absolute atomic E-state index is 5.41. The predicted molar refractivity (Wildman–Crippen MR) is 64.5 cm³/mol. The second kappa shape index (κ2) is 8.25. The first-order valence-electron chi connectivity index (χ1n) is 5.97. The second-order valence-corrected chi connectivity index (χ2v) is 5.26. The third kappa shape index (κ3) is 11.9. The van der Waals surface area contributed by atoms with Crippen molar-refractivity contribution in [2.75, 3.05) is 19.6 Å². The minimum atomic E-state index is 0.500. The average Bonchev–Trinajstić information content (AvgIpc) is 2.08. The summed E-state index contributed by atoms with van der Waals surface area (Å²) in [5.41, 5.74) is 5.91. The molecule has 0 aromatic carbocycles. The Hall–Kier alpha value is -0.0800. The second-order valence-electron chi connectivity index (χ2n) is 5.26. The van der Waals surface area contributed by atoms with Crippen molar-refractivity contribution in [2.45, 2.75) is 52.9 Å². The lowest BCUT2D eigenvalue weighted by atomic mass is 9.90. The molecule has 14 heavy (non-hydrogen) atoms. The Morgan fingerprint density at radius 1 is 0.929 bits per heavy atom. The van der Waals surface area contributed by atoms with Crippen LogP contribution in [0.15, 0.2) is 0 Å². The van der Waals surface area contributed by atoms with Crippen LogP contribution in [-0.4, -0.2) is 19.6 Å². The molecular formula is C12H28N2. The fraction of sp³-hybridized carbons (Fsp3) is 1.00. The number of unbranched alkanes of at least 4 members (excludes halogenated alkanes) is 2. The number of nitrogens with two attached hydrogens (primary N) is 1. The van der Waals surface area contributed by atoms with Crippen LogP contribution in [0, 0.1) is 5.41 Å². The molecule has 0 aliphatic heterocycles. The molecule has 0 radical (unpaired) electrons. The molecule has 2 heteroatoms. The highest BCUT2D eigenvalue weighted by atomic mass is 14.8. The molecule has 0 unspecified atom stereocenters. The summed E-state index contributed by atoms with van der Waals surface area (Å²) in [4.78, 5) is 0. The Balaban J connectivity index is 2.99. The van der Waals surface area contributed by atoms with E-state index in [0.29, 0.717) is 5.41 Å². The Labute approximate surface area is 89.6 Å². The highest BCUT2D eigenvalue weighted by Crippen LogP contribution is 2.20. The normalized spacial score (nSPS) is 12.0. The van der Waals surface area contributed by atoms with Gasteiger partial charge in [-0.1, -0.05) is 27.2 Å². The van der Waals surface area contributed by atoms with Crippen LogP contribution in [0.1, 0.15) is 52.9 Å². The molecule has 0 amide bonds. The number of nitrogens with one attached hydrogen (secondary N) is 1. The van der Waals surface area contributed by atoms with Crippen LogP contribution in [0.25, 0.3) is 0 Å². The Morgan fingerprint density at radius 2 is 1.50 bits per heavy atom. The van der Waals surface area contributed by atoms with E-state index >= 15 is 0 Å². The molecule has 0 aromatic heterocycles. The van der Waals surface area contributed by atoms with Gasteiger partial charge < -0.3 is 11.1 Å². The average molecular weight is 200 g/mol. The third-order valence-electron chi connectivity index (χ3n) is 2.34. The van der Waals surface area contributed by atoms with Gasteiger partial charge in [0.1, 0.15) is 0 Å². The van der Waals surface area contributed by atoms with Crippen molar-refractivity contribution in [1.29, 1.82) is 0 Å². The van der Waals surface area contributed by atoms with Crippen molar-refractivity contribution in [2.24, 2.45) is 11.1 Å². The van der Waals surface area contributed by atoms with E-state index in [4.69, 9.17) is 5.73 Å². The van der Waals surface area contributed by atoms with Crippen molar-refractivity contribution in [1.82, 2.24) is 5.32 Å². The molecule has 0 bridgehead atoms. The molecule has 0 heterocycles. The van der Waals surface area contributed by atoms with Crippen LogP contribution in [0.2, 0.25) is 0 Å². The van der Waals surface area contributed by atoms with Gasteiger partial charge in [0, 0.05) is 0 Å². The van der Waals surface area contributed by atoms with E-state index in [1.54, 1.807) is 0 Å². The van der Waals surface area contributed by atoms with Gasteiger partial charge in [0.25, 0.3) is 0 Å². The standard InChI is InChI=1S/C12H28N2/c1-12(2,3)8-4-6-10-14-11-7-5-9-13/h14H,4-11,13H2,1-3H3. The molecule has 0 fully saturated rings. The van der Waals surface area contributed by atoms with Gasteiger partial charge in [-0.2, -0.15) is 0 Å². The molecule has 0 spiro atoms. The van der Waals surface area contributed by atoms with E-state index in [9.17, 15) is 0 Å². The van der Waals surface area contributed by atoms with Gasteiger partial charge in [-0.25, -0.2) is 0 Å². The van der Waals surface area contributed by atoms with Gasteiger partial charge in [-0.3, -0.25) is 0 Å². The monoisotopic (exact) mass is 200 g/mol. The van der Waals surface area contributed by atoms with Crippen LogP contribution < -0.4 is 11.1 Å². The number of hydrogen-bond acceptors (Lipinski definition) is 2. The van der Waals surface area contributed by atoms with Crippen molar-refractivity contribution < 1.29 is 0 Å². The zero-order valence-electron chi connectivity index (χ0n) is 10.2. The van der Waals surface area contributed by atoms with E-state index in [1.807, 2.05) is 0 Å². The molecule has 0 aliphatic rings. The molecule has 0 saturated carbocycles. The minimum absolute atomic E-state index is 0.500. The number of hydrogen-bond donors (Lipinski definition) is 2. The quantitative estimate of drug-likeness (QED) is 0.591. The van der Waals surface area contributed by atoms with Crippen molar-refractivity contribution in [3.8, 4) is 0 Å². The van der Waals surface area contributed by atoms with Crippen LogP contribution in [0.4, 0.5) is 0 Å². The van der Waals surface area contributed by atoms with E-state index in [-0.39, 0.29) is 0 Å². The highest BCUT2D eigenvalue weighted by Gasteiger charge is 2.08. The summed E-state index contributed by atoms with van der Waals surface area (Å²) in [6.07, 6.45) is 6.34. The molecule has 2 nitrogen and oxygen atoms in total. The van der Waals surface area contributed by atoms with Gasteiger partial charge in [0.2, 0.25) is 0 Å². The van der Waals surface area contributed by atoms with Crippen molar-refractivity contribution in [3.63, 3.8) is 0 Å². The maximum Gasteiger partial charge on any atom is -0.00484 e. The van der Waals surface area contributed by atoms with Crippen LogP contribution in [0.5, 0.6) is 0 Å². The fourth-order valence-electron chi connectivity index (χ4n) is 1.42. The smallest absolute Gasteiger partial charge is 0.00484 e. The summed E-state index contributed by atoms with van der Waals surface area (Å²) < 4.78 is 0. The first-order valence-corrected chi connectivity index (χ1v) is 5.97. The Bertz CT molecular complexity index is 116. The maximum atomic E-state index is 5.41.